The van der Waals surface area contributed by atoms with Crippen molar-refractivity contribution in [3.05, 3.63) is 30.3 Å². The van der Waals surface area contributed by atoms with E-state index < -0.39 is 0 Å². The molecule has 1 aromatic rings. The molecule has 0 radical (unpaired) electrons. The molecular weight excluding hydrogens is 366 g/mol. The van der Waals surface area contributed by atoms with E-state index in [0.717, 1.165) is 12.8 Å². The molecule has 6 nitrogen and oxygen atoms in total. The van der Waals surface area contributed by atoms with Crippen molar-refractivity contribution in [2.75, 3.05) is 26.2 Å². The van der Waals surface area contributed by atoms with Gasteiger partial charge in [0.15, 0.2) is 6.61 Å². The van der Waals surface area contributed by atoms with E-state index in [2.05, 4.69) is 5.32 Å². The molecule has 1 aliphatic heterocycles. The van der Waals surface area contributed by atoms with E-state index in [4.69, 9.17) is 10.5 Å². The molecule has 1 aromatic carbocycles. The van der Waals surface area contributed by atoms with E-state index in [0.29, 0.717) is 38.2 Å². The zero-order valence-electron chi connectivity index (χ0n) is 16.3. The normalized spacial score (nSPS) is 15.0. The summed E-state index contributed by atoms with van der Waals surface area (Å²) in [5, 5.41) is 3.15. The van der Waals surface area contributed by atoms with Gasteiger partial charge in [0.2, 0.25) is 5.91 Å². The second-order valence-electron chi connectivity index (χ2n) is 6.94. The molecule has 1 aliphatic rings. The Morgan fingerprint density at radius 3 is 2.30 bits per heavy atom. The molecule has 0 atom stereocenters. The van der Waals surface area contributed by atoms with E-state index >= 15 is 0 Å². The van der Waals surface area contributed by atoms with Crippen molar-refractivity contribution in [2.24, 2.45) is 11.7 Å². The number of piperidine rings is 1. The Labute approximate surface area is 168 Å². The van der Waals surface area contributed by atoms with E-state index in [-0.39, 0.29) is 42.3 Å². The van der Waals surface area contributed by atoms with Crippen LogP contribution < -0.4 is 15.8 Å². The van der Waals surface area contributed by atoms with Crippen molar-refractivity contribution in [3.8, 4) is 5.75 Å². The smallest absolute Gasteiger partial charge is 0.260 e. The molecule has 1 fully saturated rings. The summed E-state index contributed by atoms with van der Waals surface area (Å²) in [7, 11) is 0. The largest absolute Gasteiger partial charge is 0.484 e. The summed E-state index contributed by atoms with van der Waals surface area (Å²) in [6.07, 6.45) is 2.99. The summed E-state index contributed by atoms with van der Waals surface area (Å²) in [4.78, 5) is 26.7. The first-order chi connectivity index (χ1) is 12.5. The number of amides is 2. The van der Waals surface area contributed by atoms with Gasteiger partial charge in [0.05, 0.1) is 5.54 Å². The lowest BCUT2D eigenvalue weighted by Crippen LogP contribution is -2.55. The number of para-hydroxylation sites is 1. The summed E-state index contributed by atoms with van der Waals surface area (Å²) in [6, 6.07) is 9.31. The standard InChI is InChI=1S/C20H31N3O3.ClH/c1-3-20(4-2,15-21)22-19(25)16-10-12-23(13-11-16)18(24)14-26-17-8-6-5-7-9-17;/h5-9,16H,3-4,10-15,21H2,1-2H3,(H,22,25);1H. The molecule has 1 heterocycles. The molecule has 0 aliphatic carbocycles. The molecule has 0 spiro atoms. The molecule has 1 saturated heterocycles. The first-order valence-corrected chi connectivity index (χ1v) is 9.51. The fourth-order valence-corrected chi connectivity index (χ4v) is 3.27. The first-order valence-electron chi connectivity index (χ1n) is 9.51. The average molecular weight is 398 g/mol. The lowest BCUT2D eigenvalue weighted by Gasteiger charge is -2.36. The highest BCUT2D eigenvalue weighted by atomic mass is 35.5. The maximum Gasteiger partial charge on any atom is 0.260 e. The van der Waals surface area contributed by atoms with Gasteiger partial charge < -0.3 is 20.7 Å². The molecule has 0 saturated carbocycles. The fourth-order valence-electron chi connectivity index (χ4n) is 3.27. The Morgan fingerprint density at radius 2 is 1.78 bits per heavy atom. The van der Waals surface area contributed by atoms with Crippen molar-refractivity contribution in [3.63, 3.8) is 0 Å². The number of nitrogens with two attached hydrogens (primary N) is 1. The Balaban J connectivity index is 0.00000364. The van der Waals surface area contributed by atoms with E-state index in [1.807, 2.05) is 44.2 Å². The van der Waals surface area contributed by atoms with E-state index in [1.165, 1.54) is 0 Å². The third-order valence-corrected chi connectivity index (χ3v) is 5.46. The van der Waals surface area contributed by atoms with Crippen molar-refractivity contribution in [2.45, 2.75) is 45.1 Å². The van der Waals surface area contributed by atoms with Crippen molar-refractivity contribution in [1.82, 2.24) is 10.2 Å². The Kier molecular flexibility index (Phi) is 9.60. The number of nitrogens with zero attached hydrogens (tertiary/aromatic N) is 1. The number of carbonyl (C=O) groups excluding carboxylic acids is 2. The second kappa shape index (κ2) is 11.1. The third kappa shape index (κ3) is 6.40. The first kappa shape index (κ1) is 23.2. The number of hydrogen-bond donors (Lipinski definition) is 2. The molecule has 27 heavy (non-hydrogen) atoms. The maximum atomic E-state index is 12.6. The summed E-state index contributed by atoms with van der Waals surface area (Å²) in [5.41, 5.74) is 5.56. The van der Waals surface area contributed by atoms with Gasteiger partial charge in [-0.15, -0.1) is 12.4 Å². The van der Waals surface area contributed by atoms with Gasteiger partial charge in [-0.25, -0.2) is 0 Å². The van der Waals surface area contributed by atoms with E-state index in [1.54, 1.807) is 4.90 Å². The summed E-state index contributed by atoms with van der Waals surface area (Å²) < 4.78 is 5.52. The van der Waals surface area contributed by atoms with Crippen molar-refractivity contribution in [1.29, 1.82) is 0 Å². The molecule has 0 unspecified atom stereocenters. The quantitative estimate of drug-likeness (QED) is 0.705. The Morgan fingerprint density at radius 1 is 1.19 bits per heavy atom. The lowest BCUT2D eigenvalue weighted by atomic mass is 9.89. The molecule has 3 N–H and O–H groups in total. The highest BCUT2D eigenvalue weighted by Gasteiger charge is 2.32. The second-order valence-corrected chi connectivity index (χ2v) is 6.94. The van der Waals surface area contributed by atoms with Crippen LogP contribution in [0.3, 0.4) is 0 Å². The highest BCUT2D eigenvalue weighted by molar-refractivity contribution is 5.85. The van der Waals surface area contributed by atoms with Gasteiger partial charge in [0, 0.05) is 25.6 Å². The fraction of sp³-hybridized carbons (Fsp3) is 0.600. The zero-order chi connectivity index (χ0) is 19.0. The summed E-state index contributed by atoms with van der Waals surface area (Å²) in [6.45, 7) is 5.74. The van der Waals surface area contributed by atoms with Gasteiger partial charge in [0.25, 0.3) is 5.91 Å². The average Bonchev–Trinajstić information content (AvgIpc) is 2.71. The SMILES string of the molecule is CCC(CC)(CN)NC(=O)C1CCN(C(=O)COc2ccccc2)CC1.Cl. The van der Waals surface area contributed by atoms with Crippen LogP contribution in [0, 0.1) is 5.92 Å². The Hall–Kier alpha value is -1.79. The van der Waals surface area contributed by atoms with Crippen LogP contribution in [0.15, 0.2) is 30.3 Å². The predicted molar refractivity (Wildman–Crippen MR) is 109 cm³/mol. The summed E-state index contributed by atoms with van der Waals surface area (Å²) >= 11 is 0. The monoisotopic (exact) mass is 397 g/mol. The molecule has 7 heteroatoms. The van der Waals surface area contributed by atoms with Gasteiger partial charge in [-0.1, -0.05) is 32.0 Å². The number of ether oxygens (including phenoxy) is 1. The van der Waals surface area contributed by atoms with Crippen molar-refractivity contribution >= 4 is 24.2 Å². The highest BCUT2D eigenvalue weighted by Crippen LogP contribution is 2.21. The molecule has 0 bridgehead atoms. The van der Waals surface area contributed by atoms with Crippen LogP contribution in [0.1, 0.15) is 39.5 Å². The van der Waals surface area contributed by atoms with Crippen LogP contribution in [0.4, 0.5) is 0 Å². The van der Waals surface area contributed by atoms with Crippen LogP contribution >= 0.6 is 12.4 Å². The maximum absolute atomic E-state index is 12.6. The molecule has 2 amide bonds. The number of rotatable bonds is 8. The minimum absolute atomic E-state index is 0. The number of hydrogen-bond acceptors (Lipinski definition) is 4. The number of benzene rings is 1. The van der Waals surface area contributed by atoms with Gasteiger partial charge >= 0.3 is 0 Å². The minimum Gasteiger partial charge on any atom is -0.484 e. The Bertz CT molecular complexity index is 577. The zero-order valence-corrected chi connectivity index (χ0v) is 17.1. The number of halogens is 1. The number of nitrogens with one attached hydrogen (secondary N) is 1. The predicted octanol–water partition coefficient (Wildman–Crippen LogP) is 2.36. The van der Waals surface area contributed by atoms with Crippen molar-refractivity contribution < 1.29 is 14.3 Å². The third-order valence-electron chi connectivity index (χ3n) is 5.46. The van der Waals surface area contributed by atoms with Gasteiger partial charge in [0.1, 0.15) is 5.75 Å². The minimum atomic E-state index is -0.312. The van der Waals surface area contributed by atoms with Crippen LogP contribution in [-0.4, -0.2) is 48.5 Å². The van der Waals surface area contributed by atoms with Gasteiger partial charge in [-0.05, 0) is 37.8 Å². The summed E-state index contributed by atoms with van der Waals surface area (Å²) in [5.74, 6) is 0.656. The lowest BCUT2D eigenvalue weighted by molar-refractivity contribution is -0.137. The van der Waals surface area contributed by atoms with Crippen LogP contribution in [-0.2, 0) is 9.59 Å². The van der Waals surface area contributed by atoms with Crippen LogP contribution in [0.5, 0.6) is 5.75 Å². The molecule has 152 valence electrons. The van der Waals surface area contributed by atoms with Crippen LogP contribution in [0.2, 0.25) is 0 Å². The molecular formula is C20H32ClN3O3. The number of carbonyl (C=O) groups is 2. The van der Waals surface area contributed by atoms with Crippen LogP contribution in [0.25, 0.3) is 0 Å². The molecule has 0 aromatic heterocycles. The van der Waals surface area contributed by atoms with Gasteiger partial charge in [-0.3, -0.25) is 9.59 Å². The van der Waals surface area contributed by atoms with Gasteiger partial charge in [-0.2, -0.15) is 0 Å². The topological polar surface area (TPSA) is 84.7 Å². The number of likely N-dealkylation sites (tertiary alicyclic amines) is 1. The molecule has 2 rings (SSSR count). The van der Waals surface area contributed by atoms with E-state index in [9.17, 15) is 9.59 Å².